The first-order valence-electron chi connectivity index (χ1n) is 11.1. The molecule has 10 heteroatoms. The molecule has 2 aromatic carbocycles. The van der Waals surface area contributed by atoms with Gasteiger partial charge < -0.3 is 10.2 Å². The molecule has 1 aliphatic rings. The molecule has 0 fully saturated rings. The monoisotopic (exact) mass is 514 g/mol. The van der Waals surface area contributed by atoms with E-state index in [1.54, 1.807) is 36.1 Å². The number of benzene rings is 2. The van der Waals surface area contributed by atoms with Gasteiger partial charge in [-0.25, -0.2) is 4.98 Å². The van der Waals surface area contributed by atoms with Crippen LogP contribution in [0.5, 0.6) is 0 Å². The maximum absolute atomic E-state index is 13.4. The van der Waals surface area contributed by atoms with Crippen LogP contribution in [0.25, 0.3) is 0 Å². The van der Waals surface area contributed by atoms with Gasteiger partial charge in [0.25, 0.3) is 11.5 Å². The van der Waals surface area contributed by atoms with Crippen LogP contribution < -0.4 is 10.9 Å². The number of carbonyl (C=O) groups excluding carboxylic acids is 1. The Bertz CT molecular complexity index is 1380. The van der Waals surface area contributed by atoms with E-state index in [9.17, 15) is 22.8 Å². The molecule has 3 aromatic rings. The molecule has 2 heterocycles. The van der Waals surface area contributed by atoms with Gasteiger partial charge >= 0.3 is 6.18 Å². The van der Waals surface area contributed by atoms with E-state index in [0.29, 0.717) is 40.4 Å². The van der Waals surface area contributed by atoms with Crippen molar-refractivity contribution in [3.63, 3.8) is 0 Å². The number of rotatable bonds is 5. The highest BCUT2D eigenvalue weighted by atomic mass is 35.5. The van der Waals surface area contributed by atoms with Gasteiger partial charge in [-0.1, -0.05) is 29.7 Å². The van der Waals surface area contributed by atoms with Crippen LogP contribution in [-0.2, 0) is 25.7 Å². The summed E-state index contributed by atoms with van der Waals surface area (Å²) in [5.41, 5.74) is 0.869. The van der Waals surface area contributed by atoms with Crippen molar-refractivity contribution in [3.8, 4) is 12.3 Å². The average Bonchev–Trinajstić information content (AvgIpc) is 2.86. The number of terminal acetylenes is 1. The first-order chi connectivity index (χ1) is 17.1. The summed E-state index contributed by atoms with van der Waals surface area (Å²) in [7, 11) is 0. The van der Waals surface area contributed by atoms with Gasteiger partial charge in [0.2, 0.25) is 5.95 Å². The second-order valence-corrected chi connectivity index (χ2v) is 8.86. The summed E-state index contributed by atoms with van der Waals surface area (Å²) < 4.78 is 40.0. The topological polar surface area (TPSA) is 67.2 Å². The molecule has 1 aromatic heterocycles. The fourth-order valence-electron chi connectivity index (χ4n) is 4.05. The number of carbonyl (C=O) groups is 1. The van der Waals surface area contributed by atoms with Crippen molar-refractivity contribution < 1.29 is 18.0 Å². The molecule has 0 radical (unpaired) electrons. The highest BCUT2D eigenvalue weighted by Gasteiger charge is 2.30. The lowest BCUT2D eigenvalue weighted by molar-refractivity contribution is -0.137. The number of alkyl halides is 3. The Hall–Kier alpha value is -3.77. The number of aromatic nitrogens is 2. The average molecular weight is 515 g/mol. The van der Waals surface area contributed by atoms with E-state index in [0.717, 1.165) is 12.1 Å². The number of hydrogen-bond donors (Lipinski definition) is 1. The molecule has 6 nitrogen and oxygen atoms in total. The molecule has 1 aliphatic heterocycles. The largest absolute Gasteiger partial charge is 0.416 e. The molecule has 0 aliphatic carbocycles. The Balaban J connectivity index is 1.60. The lowest BCUT2D eigenvalue weighted by Gasteiger charge is -2.29. The second kappa shape index (κ2) is 10.1. The minimum absolute atomic E-state index is 0.0632. The van der Waals surface area contributed by atoms with Gasteiger partial charge in [-0.3, -0.25) is 14.2 Å². The van der Waals surface area contributed by atoms with Crippen molar-refractivity contribution in [2.45, 2.75) is 38.7 Å². The van der Waals surface area contributed by atoms with Gasteiger partial charge in [0.05, 0.1) is 36.0 Å². The lowest BCUT2D eigenvalue weighted by atomic mass is 10.0. The summed E-state index contributed by atoms with van der Waals surface area (Å²) >= 11 is 5.91. The fourth-order valence-corrected chi connectivity index (χ4v) is 4.17. The summed E-state index contributed by atoms with van der Waals surface area (Å²) in [6.07, 6.45) is 1.43. The fraction of sp³-hybridized carbons (Fsp3) is 0.269. The molecule has 0 saturated carbocycles. The van der Waals surface area contributed by atoms with Crippen LogP contribution in [0.4, 0.5) is 19.1 Å². The predicted octanol–water partition coefficient (Wildman–Crippen LogP) is 4.92. The molecule has 1 atom stereocenters. The zero-order valence-corrected chi connectivity index (χ0v) is 20.0. The highest BCUT2D eigenvalue weighted by Crippen LogP contribution is 2.30. The number of fused-ring (bicyclic) bond motifs is 1. The zero-order valence-electron chi connectivity index (χ0n) is 19.3. The van der Waals surface area contributed by atoms with Crippen LogP contribution in [-0.4, -0.2) is 26.9 Å². The third-order valence-electron chi connectivity index (χ3n) is 6.03. The van der Waals surface area contributed by atoms with Gasteiger partial charge in [0, 0.05) is 23.6 Å². The maximum atomic E-state index is 13.4. The van der Waals surface area contributed by atoms with Crippen LogP contribution >= 0.6 is 11.6 Å². The van der Waals surface area contributed by atoms with Crippen molar-refractivity contribution in [1.82, 2.24) is 14.5 Å². The number of halogens is 4. The molecule has 1 N–H and O–H groups in total. The first-order valence-corrected chi connectivity index (χ1v) is 11.5. The van der Waals surface area contributed by atoms with E-state index in [-0.39, 0.29) is 30.5 Å². The molecule has 4 rings (SSSR count). The van der Waals surface area contributed by atoms with Crippen LogP contribution in [0, 0.1) is 12.3 Å². The third-order valence-corrected chi connectivity index (χ3v) is 6.28. The number of amides is 1. The molecule has 186 valence electrons. The normalized spacial score (nSPS) is 14.1. The van der Waals surface area contributed by atoms with Crippen molar-refractivity contribution in [1.29, 1.82) is 0 Å². The second-order valence-electron chi connectivity index (χ2n) is 8.43. The van der Waals surface area contributed by atoms with E-state index < -0.39 is 17.8 Å². The van der Waals surface area contributed by atoms with Gasteiger partial charge in [-0.05, 0) is 48.9 Å². The molecule has 36 heavy (non-hydrogen) atoms. The van der Waals surface area contributed by atoms with Crippen LogP contribution in [0.15, 0.2) is 53.3 Å². The Kier molecular flexibility index (Phi) is 7.09. The first kappa shape index (κ1) is 25.3. The number of hydrogen-bond acceptors (Lipinski definition) is 4. The molecular weight excluding hydrogens is 493 g/mol. The summed E-state index contributed by atoms with van der Waals surface area (Å²) in [4.78, 5) is 32.5. The Morgan fingerprint density at radius 2 is 1.86 bits per heavy atom. The summed E-state index contributed by atoms with van der Waals surface area (Å²) in [6, 6.07) is 10.8. The van der Waals surface area contributed by atoms with Crippen molar-refractivity contribution in [2.24, 2.45) is 0 Å². The zero-order chi connectivity index (χ0) is 26.0. The van der Waals surface area contributed by atoms with Crippen molar-refractivity contribution in [3.05, 3.63) is 91.9 Å². The lowest BCUT2D eigenvalue weighted by Crippen LogP contribution is -2.41. The third kappa shape index (κ3) is 5.24. The molecule has 0 bridgehead atoms. The van der Waals surface area contributed by atoms with Gasteiger partial charge in [-0.2, -0.15) is 13.2 Å². The Morgan fingerprint density at radius 3 is 2.47 bits per heavy atom. The van der Waals surface area contributed by atoms with E-state index >= 15 is 0 Å². The van der Waals surface area contributed by atoms with Gasteiger partial charge in [0.1, 0.15) is 0 Å². The van der Waals surface area contributed by atoms with Crippen LogP contribution in [0.2, 0.25) is 5.02 Å². The highest BCUT2D eigenvalue weighted by molar-refractivity contribution is 6.30. The molecular formula is C26H22ClF3N4O2. The van der Waals surface area contributed by atoms with Gasteiger partial charge in [-0.15, -0.1) is 6.42 Å². The van der Waals surface area contributed by atoms with E-state index in [1.807, 2.05) is 0 Å². The number of anilines is 1. The van der Waals surface area contributed by atoms with E-state index in [2.05, 4.69) is 16.2 Å². The summed E-state index contributed by atoms with van der Waals surface area (Å²) in [5.74, 6) is 2.44. The SMILES string of the molecule is C#CCn1c(N[C@@H](C)c2ccc(C(F)(F)F)cc2)nc2c(c1=O)CN(C(=O)c1ccc(Cl)cc1)CC2. The maximum Gasteiger partial charge on any atom is 0.416 e. The molecule has 1 amide bonds. The molecule has 0 spiro atoms. The van der Waals surface area contributed by atoms with Crippen LogP contribution in [0.1, 0.15) is 45.7 Å². The Morgan fingerprint density at radius 1 is 1.19 bits per heavy atom. The van der Waals surface area contributed by atoms with Gasteiger partial charge in [0.15, 0.2) is 0 Å². The number of nitrogens with one attached hydrogen (secondary N) is 1. The van der Waals surface area contributed by atoms with Crippen molar-refractivity contribution in [2.75, 3.05) is 11.9 Å². The smallest absolute Gasteiger partial charge is 0.349 e. The Labute approximate surface area is 210 Å². The predicted molar refractivity (Wildman–Crippen MR) is 131 cm³/mol. The summed E-state index contributed by atoms with van der Waals surface area (Å²) in [6.45, 7) is 2.14. The van der Waals surface area contributed by atoms with Crippen LogP contribution in [0.3, 0.4) is 0 Å². The van der Waals surface area contributed by atoms with E-state index in [4.69, 9.17) is 18.0 Å². The quantitative estimate of drug-likeness (QED) is 0.491. The molecule has 0 unspecified atom stereocenters. The number of nitrogens with zero attached hydrogens (tertiary/aromatic N) is 3. The minimum Gasteiger partial charge on any atom is -0.349 e. The molecule has 0 saturated heterocycles. The van der Waals surface area contributed by atoms with E-state index in [1.165, 1.54) is 16.7 Å². The minimum atomic E-state index is -4.43. The van der Waals surface area contributed by atoms with Crippen molar-refractivity contribution >= 4 is 23.5 Å². The summed E-state index contributed by atoms with van der Waals surface area (Å²) in [5, 5.41) is 3.62. The standard InChI is InChI=1S/C26H22ClF3N4O2/c1-3-13-34-24(36)21-15-33(23(35)18-6-10-20(27)11-7-18)14-12-22(21)32-25(34)31-16(2)17-4-8-19(9-5-17)26(28,29)30/h1,4-11,16H,12-15H2,2H3,(H,31,32)/t16-/m0/s1.